The van der Waals surface area contributed by atoms with Gasteiger partial charge in [0.05, 0.1) is 23.8 Å². The maximum atomic E-state index is 14.2. The Balaban J connectivity index is 1.51. The number of aromatic hydroxyl groups is 1. The molecule has 2 saturated heterocycles. The second kappa shape index (κ2) is 13.4. The van der Waals surface area contributed by atoms with Gasteiger partial charge in [0, 0.05) is 40.2 Å². The summed E-state index contributed by atoms with van der Waals surface area (Å²) in [6.07, 6.45) is 1.12. The van der Waals surface area contributed by atoms with Crippen LogP contribution < -0.4 is 10.2 Å². The zero-order valence-corrected chi connectivity index (χ0v) is 25.7. The van der Waals surface area contributed by atoms with Gasteiger partial charge in [0.15, 0.2) is 0 Å². The quantitative estimate of drug-likeness (QED) is 0.355. The van der Waals surface area contributed by atoms with Crippen molar-refractivity contribution in [3.05, 3.63) is 107 Å². The molecule has 11 heteroatoms. The molecule has 4 amide bonds. The normalized spacial score (nSPS) is 18.7. The molecular formula is C33H37ClN6O4. The van der Waals surface area contributed by atoms with Crippen molar-refractivity contribution in [2.45, 2.75) is 31.7 Å². The molecule has 0 bridgehead atoms. The van der Waals surface area contributed by atoms with Gasteiger partial charge in [0.25, 0.3) is 0 Å². The molecule has 2 aliphatic rings. The van der Waals surface area contributed by atoms with Crippen LogP contribution in [0.15, 0.2) is 85.5 Å². The van der Waals surface area contributed by atoms with E-state index in [9.17, 15) is 19.5 Å². The number of amides is 4. The molecule has 44 heavy (non-hydrogen) atoms. The number of carbonyl (C=O) groups is 3. The van der Waals surface area contributed by atoms with Crippen LogP contribution in [0.4, 0.5) is 10.5 Å². The highest BCUT2D eigenvalue weighted by atomic mass is 35.5. The van der Waals surface area contributed by atoms with E-state index in [0.29, 0.717) is 11.6 Å². The maximum absolute atomic E-state index is 14.2. The standard InChI is InChI=1S/C33H37ClN6O4/c1-4-16-38-22-31(42)39-29(17-23-10-13-26(41)14-11-23)32(43)37(20-25-12-15-27(34)28(18-25)36(2)3)21-30(39)40(38)33(44)35-19-24-8-6-5-7-9-24/h4-15,18,29-30,41H,1,16-17,19-22H2,2-3H3,(H,35,44)/t29-,30-/m0/s1. The Labute approximate surface area is 262 Å². The Morgan fingerprint density at radius 2 is 1.75 bits per heavy atom. The van der Waals surface area contributed by atoms with Gasteiger partial charge in [-0.2, -0.15) is 0 Å². The zero-order valence-electron chi connectivity index (χ0n) is 24.9. The molecular weight excluding hydrogens is 580 g/mol. The number of hydrogen-bond donors (Lipinski definition) is 2. The predicted octanol–water partition coefficient (Wildman–Crippen LogP) is 3.85. The number of nitrogens with zero attached hydrogens (tertiary/aromatic N) is 5. The lowest BCUT2D eigenvalue weighted by Gasteiger charge is -2.55. The molecule has 3 aromatic carbocycles. The van der Waals surface area contributed by atoms with Crippen LogP contribution in [0.5, 0.6) is 5.75 Å². The number of phenols is 1. The van der Waals surface area contributed by atoms with Crippen LogP contribution in [0.3, 0.4) is 0 Å². The number of hydrogen-bond acceptors (Lipinski definition) is 6. The molecule has 5 rings (SSSR count). The van der Waals surface area contributed by atoms with E-state index in [1.807, 2.05) is 61.5 Å². The molecule has 2 heterocycles. The van der Waals surface area contributed by atoms with E-state index < -0.39 is 12.2 Å². The van der Waals surface area contributed by atoms with Crippen molar-refractivity contribution in [2.24, 2.45) is 0 Å². The summed E-state index contributed by atoms with van der Waals surface area (Å²) in [7, 11) is 3.80. The molecule has 0 saturated carbocycles. The van der Waals surface area contributed by atoms with Gasteiger partial charge in [-0.25, -0.2) is 14.8 Å². The van der Waals surface area contributed by atoms with Crippen molar-refractivity contribution >= 4 is 35.1 Å². The van der Waals surface area contributed by atoms with E-state index in [1.54, 1.807) is 56.2 Å². The van der Waals surface area contributed by atoms with Crippen molar-refractivity contribution in [3.8, 4) is 5.75 Å². The lowest BCUT2D eigenvalue weighted by molar-refractivity contribution is -0.189. The Morgan fingerprint density at radius 3 is 2.43 bits per heavy atom. The van der Waals surface area contributed by atoms with E-state index in [4.69, 9.17) is 11.6 Å². The zero-order chi connectivity index (χ0) is 31.4. The minimum atomic E-state index is -0.860. The smallest absolute Gasteiger partial charge is 0.334 e. The van der Waals surface area contributed by atoms with Crippen molar-refractivity contribution < 1.29 is 19.5 Å². The first-order valence-corrected chi connectivity index (χ1v) is 14.8. The SMILES string of the molecule is C=CCN1CC(=O)N2[C@@H](Cc3ccc(O)cc3)C(=O)N(Cc3ccc(Cl)c(N(C)C)c3)C[C@@H]2N1C(=O)NCc1ccccc1. The maximum Gasteiger partial charge on any atom is 0.334 e. The highest BCUT2D eigenvalue weighted by Crippen LogP contribution is 2.31. The van der Waals surface area contributed by atoms with Crippen LogP contribution in [0.1, 0.15) is 16.7 Å². The van der Waals surface area contributed by atoms with Gasteiger partial charge in [-0.15, -0.1) is 6.58 Å². The van der Waals surface area contributed by atoms with Crippen molar-refractivity contribution in [1.82, 2.24) is 25.1 Å². The number of nitrogens with one attached hydrogen (secondary N) is 1. The molecule has 10 nitrogen and oxygen atoms in total. The fraction of sp³-hybridized carbons (Fsp3) is 0.303. The molecule has 0 radical (unpaired) electrons. The van der Waals surface area contributed by atoms with Crippen molar-refractivity contribution in [2.75, 3.05) is 38.6 Å². The summed E-state index contributed by atoms with van der Waals surface area (Å²) >= 11 is 6.42. The fourth-order valence-electron chi connectivity index (χ4n) is 5.77. The number of benzene rings is 3. The lowest BCUT2D eigenvalue weighted by Crippen LogP contribution is -2.76. The molecule has 0 spiro atoms. The topological polar surface area (TPSA) is 99.7 Å². The Morgan fingerprint density at radius 1 is 1.05 bits per heavy atom. The molecule has 0 aromatic heterocycles. The number of hydrazine groups is 1. The first kappa shape index (κ1) is 30.9. The number of phenolic OH excluding ortho intramolecular Hbond substituents is 1. The van der Waals surface area contributed by atoms with Gasteiger partial charge < -0.3 is 25.1 Å². The first-order chi connectivity index (χ1) is 21.2. The first-order valence-electron chi connectivity index (χ1n) is 14.5. The molecule has 3 aromatic rings. The van der Waals surface area contributed by atoms with Crippen LogP contribution in [-0.4, -0.2) is 88.7 Å². The highest BCUT2D eigenvalue weighted by molar-refractivity contribution is 6.33. The monoisotopic (exact) mass is 616 g/mol. The second-order valence-electron chi connectivity index (χ2n) is 11.2. The molecule has 2 N–H and O–H groups in total. The number of halogens is 1. The van der Waals surface area contributed by atoms with Crippen LogP contribution in [0.2, 0.25) is 5.02 Å². The largest absolute Gasteiger partial charge is 0.508 e. The third kappa shape index (κ3) is 6.66. The Hall–Kier alpha value is -4.54. The minimum Gasteiger partial charge on any atom is -0.508 e. The summed E-state index contributed by atoms with van der Waals surface area (Å²) in [6.45, 7) is 4.71. The number of fused-ring (bicyclic) bond motifs is 1. The van der Waals surface area contributed by atoms with Gasteiger partial charge in [0.1, 0.15) is 18.0 Å². The molecule has 0 aliphatic carbocycles. The van der Waals surface area contributed by atoms with E-state index in [2.05, 4.69) is 11.9 Å². The molecule has 2 aliphatic heterocycles. The van der Waals surface area contributed by atoms with E-state index in [-0.39, 0.29) is 56.2 Å². The van der Waals surface area contributed by atoms with Crippen LogP contribution in [0.25, 0.3) is 0 Å². The van der Waals surface area contributed by atoms with Crippen molar-refractivity contribution in [1.29, 1.82) is 0 Å². The Bertz CT molecular complexity index is 1520. The van der Waals surface area contributed by atoms with Gasteiger partial charge in [0.2, 0.25) is 11.8 Å². The lowest BCUT2D eigenvalue weighted by atomic mass is 9.98. The number of piperazine rings is 1. The van der Waals surface area contributed by atoms with Crippen LogP contribution in [-0.2, 0) is 29.1 Å². The highest BCUT2D eigenvalue weighted by Gasteiger charge is 2.51. The third-order valence-electron chi connectivity index (χ3n) is 7.90. The van der Waals surface area contributed by atoms with E-state index >= 15 is 0 Å². The summed E-state index contributed by atoms with van der Waals surface area (Å²) in [5.74, 6) is -0.356. The van der Waals surface area contributed by atoms with Gasteiger partial charge in [-0.05, 0) is 41.0 Å². The van der Waals surface area contributed by atoms with E-state index in [1.165, 1.54) is 0 Å². The average molecular weight is 617 g/mol. The molecule has 2 fully saturated rings. The summed E-state index contributed by atoms with van der Waals surface area (Å²) < 4.78 is 0. The van der Waals surface area contributed by atoms with Crippen molar-refractivity contribution in [3.63, 3.8) is 0 Å². The van der Waals surface area contributed by atoms with E-state index in [0.717, 1.165) is 22.4 Å². The van der Waals surface area contributed by atoms with Gasteiger partial charge >= 0.3 is 6.03 Å². The van der Waals surface area contributed by atoms with Gasteiger partial charge in [-0.3, -0.25) is 9.59 Å². The predicted molar refractivity (Wildman–Crippen MR) is 170 cm³/mol. The summed E-state index contributed by atoms with van der Waals surface area (Å²) in [4.78, 5) is 47.0. The summed E-state index contributed by atoms with van der Waals surface area (Å²) in [6, 6.07) is 20.6. The molecule has 2 atom stereocenters. The number of urea groups is 1. The van der Waals surface area contributed by atoms with Gasteiger partial charge in [-0.1, -0.05) is 66.2 Å². The number of anilines is 1. The number of rotatable bonds is 9. The summed E-state index contributed by atoms with van der Waals surface area (Å²) in [5.41, 5.74) is 3.41. The number of carbonyl (C=O) groups excluding carboxylic acids is 3. The summed E-state index contributed by atoms with van der Waals surface area (Å²) in [5, 5.41) is 16.7. The third-order valence-corrected chi connectivity index (χ3v) is 8.22. The molecule has 0 unspecified atom stereocenters. The van der Waals surface area contributed by atoms with Crippen LogP contribution in [0, 0.1) is 0 Å². The Kier molecular flexibility index (Phi) is 9.41. The van der Waals surface area contributed by atoms with Crippen LogP contribution >= 0.6 is 11.6 Å². The minimum absolute atomic E-state index is 0.0794. The molecule has 230 valence electrons. The second-order valence-corrected chi connectivity index (χ2v) is 11.6. The average Bonchev–Trinajstić information content (AvgIpc) is 3.00. The fourth-order valence-corrected chi connectivity index (χ4v) is 6.06.